The average Bonchev–Trinajstić information content (AvgIpc) is 3.36. The molecule has 1 amide bonds. The molecule has 8 heteroatoms. The number of carbonyl (C=O) groups is 1. The number of anilines is 1. The Morgan fingerprint density at radius 2 is 2.03 bits per heavy atom. The van der Waals surface area contributed by atoms with Crippen LogP contribution in [0.4, 0.5) is 5.69 Å². The quantitative estimate of drug-likeness (QED) is 0.439. The second-order valence-corrected chi connectivity index (χ2v) is 7.35. The number of guanidine groups is 1. The van der Waals surface area contributed by atoms with Crippen LogP contribution in [0.3, 0.4) is 0 Å². The van der Waals surface area contributed by atoms with Gasteiger partial charge in [-0.3, -0.25) is 4.79 Å². The predicted molar refractivity (Wildman–Crippen MR) is 120 cm³/mol. The Morgan fingerprint density at radius 3 is 2.63 bits per heavy atom. The van der Waals surface area contributed by atoms with Crippen molar-refractivity contribution in [2.24, 2.45) is 12.0 Å². The van der Waals surface area contributed by atoms with E-state index in [2.05, 4.69) is 15.5 Å². The van der Waals surface area contributed by atoms with Gasteiger partial charge in [-0.05, 0) is 42.8 Å². The zero-order chi connectivity index (χ0) is 21.5. The van der Waals surface area contributed by atoms with E-state index in [1.165, 1.54) is 6.26 Å². The summed E-state index contributed by atoms with van der Waals surface area (Å²) < 4.78 is 7.11. The topological polar surface area (TPSA) is 74.8 Å². The summed E-state index contributed by atoms with van der Waals surface area (Å²) in [4.78, 5) is 18.8. The van der Waals surface area contributed by atoms with Gasteiger partial charge in [0.05, 0.1) is 24.4 Å². The van der Waals surface area contributed by atoms with E-state index in [0.29, 0.717) is 18.8 Å². The molecular formula is C22H26ClN5O2. The van der Waals surface area contributed by atoms with E-state index < -0.39 is 0 Å². The van der Waals surface area contributed by atoms with Gasteiger partial charge in [0.25, 0.3) is 5.91 Å². The highest BCUT2D eigenvalue weighted by Crippen LogP contribution is 2.15. The Labute approximate surface area is 181 Å². The van der Waals surface area contributed by atoms with Crippen molar-refractivity contribution in [1.29, 1.82) is 0 Å². The minimum absolute atomic E-state index is 0.275. The Kier molecular flexibility index (Phi) is 7.19. The first kappa shape index (κ1) is 21.5. The monoisotopic (exact) mass is 427 g/mol. The van der Waals surface area contributed by atoms with E-state index in [0.717, 1.165) is 28.8 Å². The molecule has 7 nitrogen and oxygen atoms in total. The number of carbonyl (C=O) groups excluding carboxylic acids is 1. The van der Waals surface area contributed by atoms with E-state index in [9.17, 15) is 4.79 Å². The molecule has 0 bridgehead atoms. The summed E-state index contributed by atoms with van der Waals surface area (Å²) in [5.41, 5.74) is 2.84. The summed E-state index contributed by atoms with van der Waals surface area (Å²) in [5, 5.41) is 6.85. The normalized spacial score (nSPS) is 11.4. The lowest BCUT2D eigenvalue weighted by atomic mass is 10.2. The molecule has 2 N–H and O–H groups in total. The zero-order valence-corrected chi connectivity index (χ0v) is 18.1. The second-order valence-electron chi connectivity index (χ2n) is 6.92. The number of benzene rings is 1. The molecule has 0 atom stereocenters. The summed E-state index contributed by atoms with van der Waals surface area (Å²) in [6, 6.07) is 12.9. The van der Waals surface area contributed by atoms with Crippen LogP contribution in [0, 0.1) is 0 Å². The molecule has 30 heavy (non-hydrogen) atoms. The Bertz CT molecular complexity index is 993. The molecule has 0 saturated carbocycles. The van der Waals surface area contributed by atoms with Gasteiger partial charge >= 0.3 is 0 Å². The summed E-state index contributed by atoms with van der Waals surface area (Å²) in [7, 11) is 3.97. The molecule has 0 spiro atoms. The molecule has 0 unspecified atom stereocenters. The molecule has 2 aromatic heterocycles. The number of aliphatic imine (C=N–C) groups is 1. The number of rotatable bonds is 7. The molecule has 3 aromatic rings. The summed E-state index contributed by atoms with van der Waals surface area (Å²) in [5.74, 6) is 0.814. The van der Waals surface area contributed by atoms with Gasteiger partial charge in [-0.25, -0.2) is 4.99 Å². The Hall–Kier alpha value is -3.19. The van der Waals surface area contributed by atoms with Crippen molar-refractivity contribution in [2.45, 2.75) is 20.0 Å². The lowest BCUT2D eigenvalue weighted by molar-refractivity contribution is 0.0996. The minimum atomic E-state index is -0.275. The highest BCUT2D eigenvalue weighted by Gasteiger charge is 2.10. The third-order valence-corrected chi connectivity index (χ3v) is 4.75. The standard InChI is InChI=1S/C22H26ClN5O2/c1-4-24-22(28(3)15-19-12-17(23)14-27(19)2)25-13-16-7-9-18(10-8-16)26-21(29)20-6-5-11-30-20/h5-12,14H,4,13,15H2,1-3H3,(H,24,25)(H,26,29). The van der Waals surface area contributed by atoms with Crippen molar-refractivity contribution < 1.29 is 9.21 Å². The van der Waals surface area contributed by atoms with Crippen LogP contribution in [0.25, 0.3) is 0 Å². The van der Waals surface area contributed by atoms with Crippen molar-refractivity contribution >= 4 is 29.2 Å². The first-order chi connectivity index (χ1) is 14.5. The molecule has 0 radical (unpaired) electrons. The Balaban J connectivity index is 1.62. The van der Waals surface area contributed by atoms with E-state index in [1.54, 1.807) is 12.1 Å². The molecule has 2 heterocycles. The fourth-order valence-electron chi connectivity index (χ4n) is 2.97. The number of amides is 1. The maximum atomic E-state index is 12.0. The maximum Gasteiger partial charge on any atom is 0.291 e. The molecule has 158 valence electrons. The molecule has 0 aliphatic heterocycles. The van der Waals surface area contributed by atoms with Gasteiger partial charge in [-0.15, -0.1) is 0 Å². The summed E-state index contributed by atoms with van der Waals surface area (Å²) in [6.07, 6.45) is 3.36. The number of aryl methyl sites for hydroxylation is 1. The zero-order valence-electron chi connectivity index (χ0n) is 17.4. The fraction of sp³-hybridized carbons (Fsp3) is 0.273. The van der Waals surface area contributed by atoms with Crippen LogP contribution in [0.15, 0.2) is 64.3 Å². The van der Waals surface area contributed by atoms with Crippen molar-refractivity contribution in [1.82, 2.24) is 14.8 Å². The SMILES string of the molecule is CCNC(=NCc1ccc(NC(=O)c2ccco2)cc1)N(C)Cc1cc(Cl)cn1C. The van der Waals surface area contributed by atoms with Crippen molar-refractivity contribution in [3.63, 3.8) is 0 Å². The summed E-state index contributed by atoms with van der Waals surface area (Å²) >= 11 is 6.09. The van der Waals surface area contributed by atoms with Gasteiger partial charge in [0.2, 0.25) is 0 Å². The van der Waals surface area contributed by atoms with Gasteiger partial charge in [0, 0.05) is 38.2 Å². The fourth-order valence-corrected chi connectivity index (χ4v) is 3.24. The molecule has 0 aliphatic rings. The number of aromatic nitrogens is 1. The van der Waals surface area contributed by atoms with E-state index in [1.807, 2.05) is 62.1 Å². The average molecular weight is 428 g/mol. The van der Waals surface area contributed by atoms with E-state index >= 15 is 0 Å². The lowest BCUT2D eigenvalue weighted by Crippen LogP contribution is -2.38. The number of furan rings is 1. The number of nitrogens with zero attached hydrogens (tertiary/aromatic N) is 3. The largest absolute Gasteiger partial charge is 0.459 e. The van der Waals surface area contributed by atoms with Crippen molar-refractivity contribution in [3.05, 3.63) is 77.0 Å². The number of nitrogens with one attached hydrogen (secondary N) is 2. The number of hydrogen-bond donors (Lipinski definition) is 2. The van der Waals surface area contributed by atoms with Gasteiger partial charge < -0.3 is 24.5 Å². The van der Waals surface area contributed by atoms with E-state index in [-0.39, 0.29) is 11.7 Å². The van der Waals surface area contributed by atoms with Gasteiger partial charge in [-0.2, -0.15) is 0 Å². The molecule has 0 saturated heterocycles. The predicted octanol–water partition coefficient (Wildman–Crippen LogP) is 4.12. The highest BCUT2D eigenvalue weighted by molar-refractivity contribution is 6.30. The molecule has 3 rings (SSSR count). The van der Waals surface area contributed by atoms with Crippen molar-refractivity contribution in [2.75, 3.05) is 18.9 Å². The van der Waals surface area contributed by atoms with Gasteiger partial charge in [0.1, 0.15) is 0 Å². The minimum Gasteiger partial charge on any atom is -0.459 e. The molecule has 1 aromatic carbocycles. The molecule has 0 fully saturated rings. The highest BCUT2D eigenvalue weighted by atomic mass is 35.5. The Morgan fingerprint density at radius 1 is 1.27 bits per heavy atom. The molecule has 0 aliphatic carbocycles. The third kappa shape index (κ3) is 5.67. The van der Waals surface area contributed by atoms with Crippen LogP contribution in [0.2, 0.25) is 5.02 Å². The molecular weight excluding hydrogens is 402 g/mol. The first-order valence-electron chi connectivity index (χ1n) is 9.70. The third-order valence-electron chi connectivity index (χ3n) is 4.54. The van der Waals surface area contributed by atoms with Crippen LogP contribution >= 0.6 is 11.6 Å². The second kappa shape index (κ2) is 10.0. The van der Waals surface area contributed by atoms with E-state index in [4.69, 9.17) is 21.0 Å². The van der Waals surface area contributed by atoms with Crippen LogP contribution < -0.4 is 10.6 Å². The smallest absolute Gasteiger partial charge is 0.291 e. The summed E-state index contributed by atoms with van der Waals surface area (Å²) in [6.45, 7) is 4.02. The van der Waals surface area contributed by atoms with Gasteiger partial charge in [0.15, 0.2) is 11.7 Å². The van der Waals surface area contributed by atoms with Crippen LogP contribution in [0.5, 0.6) is 0 Å². The van der Waals surface area contributed by atoms with Gasteiger partial charge in [-0.1, -0.05) is 23.7 Å². The van der Waals surface area contributed by atoms with Crippen LogP contribution in [0.1, 0.15) is 28.7 Å². The number of halogens is 1. The number of hydrogen-bond acceptors (Lipinski definition) is 3. The van der Waals surface area contributed by atoms with Crippen molar-refractivity contribution in [3.8, 4) is 0 Å². The van der Waals surface area contributed by atoms with Crippen LogP contribution in [-0.4, -0.2) is 34.9 Å². The lowest BCUT2D eigenvalue weighted by Gasteiger charge is -2.22. The maximum absolute atomic E-state index is 12.0. The van der Waals surface area contributed by atoms with Crippen LogP contribution in [-0.2, 0) is 20.1 Å². The first-order valence-corrected chi connectivity index (χ1v) is 10.1.